The average molecular weight is 450 g/mol. The third-order valence-corrected chi connectivity index (χ3v) is 4.97. The van der Waals surface area contributed by atoms with Crippen LogP contribution >= 0.6 is 23.2 Å². The summed E-state index contributed by atoms with van der Waals surface area (Å²) >= 11 is 12.3. The number of aromatic amines is 1. The van der Waals surface area contributed by atoms with E-state index in [4.69, 9.17) is 32.7 Å². The first-order valence-corrected chi connectivity index (χ1v) is 9.99. The Labute approximate surface area is 183 Å². The molecule has 3 aromatic rings. The lowest BCUT2D eigenvalue weighted by molar-refractivity contribution is -0.123. The SMILES string of the molecule is CCNC(=O)COc1ccc(CNC(=O)c2[nH]c3ccc(Cl)cc3c2Cl)cc1OC. The fourth-order valence-corrected chi connectivity index (χ4v) is 3.35. The Morgan fingerprint density at radius 1 is 1.07 bits per heavy atom. The predicted octanol–water partition coefficient (Wildman–Crippen LogP) is 3.93. The second-order valence-corrected chi connectivity index (χ2v) is 7.23. The summed E-state index contributed by atoms with van der Waals surface area (Å²) in [7, 11) is 1.51. The molecule has 0 unspecified atom stereocenters. The van der Waals surface area contributed by atoms with Gasteiger partial charge in [-0.1, -0.05) is 29.3 Å². The molecule has 2 amide bonds. The lowest BCUT2D eigenvalue weighted by Crippen LogP contribution is -2.28. The molecule has 0 spiro atoms. The number of amides is 2. The number of aromatic nitrogens is 1. The van der Waals surface area contributed by atoms with Gasteiger partial charge >= 0.3 is 0 Å². The minimum absolute atomic E-state index is 0.108. The highest BCUT2D eigenvalue weighted by Crippen LogP contribution is 2.30. The van der Waals surface area contributed by atoms with Gasteiger partial charge in [0, 0.05) is 29.0 Å². The van der Waals surface area contributed by atoms with Crippen LogP contribution in [0, 0.1) is 0 Å². The molecule has 7 nitrogen and oxygen atoms in total. The molecule has 0 saturated carbocycles. The van der Waals surface area contributed by atoms with Crippen LogP contribution in [0.25, 0.3) is 10.9 Å². The summed E-state index contributed by atoms with van der Waals surface area (Å²) in [4.78, 5) is 27.2. The van der Waals surface area contributed by atoms with Crippen LogP contribution in [0.5, 0.6) is 11.5 Å². The Kier molecular flexibility index (Phi) is 7.07. The van der Waals surface area contributed by atoms with Crippen molar-refractivity contribution in [2.24, 2.45) is 0 Å². The van der Waals surface area contributed by atoms with Crippen LogP contribution in [0.1, 0.15) is 23.0 Å². The van der Waals surface area contributed by atoms with E-state index in [0.717, 1.165) is 11.1 Å². The Bertz CT molecular complexity index is 1080. The van der Waals surface area contributed by atoms with Crippen LogP contribution < -0.4 is 20.1 Å². The monoisotopic (exact) mass is 449 g/mol. The summed E-state index contributed by atoms with van der Waals surface area (Å²) in [6.45, 7) is 2.51. The summed E-state index contributed by atoms with van der Waals surface area (Å²) in [5.41, 5.74) is 1.79. The maximum absolute atomic E-state index is 12.6. The summed E-state index contributed by atoms with van der Waals surface area (Å²) in [5.74, 6) is 0.342. The molecule has 9 heteroatoms. The molecular weight excluding hydrogens is 429 g/mol. The number of benzene rings is 2. The molecule has 0 saturated heterocycles. The van der Waals surface area contributed by atoms with Gasteiger partial charge < -0.3 is 25.1 Å². The van der Waals surface area contributed by atoms with E-state index in [1.807, 2.05) is 6.92 Å². The predicted molar refractivity (Wildman–Crippen MR) is 117 cm³/mol. The molecule has 0 atom stereocenters. The van der Waals surface area contributed by atoms with Gasteiger partial charge in [0.15, 0.2) is 18.1 Å². The highest BCUT2D eigenvalue weighted by molar-refractivity contribution is 6.39. The standard InChI is InChI=1S/C21H21Cl2N3O4/c1-3-24-18(27)11-30-16-7-4-12(8-17(16)29-2)10-25-21(28)20-19(23)14-9-13(22)5-6-15(14)26-20/h4-9,26H,3,10-11H2,1-2H3,(H,24,27)(H,25,28). The fraction of sp³-hybridized carbons (Fsp3) is 0.238. The number of fused-ring (bicyclic) bond motifs is 1. The number of rotatable bonds is 8. The molecule has 3 N–H and O–H groups in total. The zero-order valence-corrected chi connectivity index (χ0v) is 18.0. The van der Waals surface area contributed by atoms with E-state index in [9.17, 15) is 9.59 Å². The molecule has 0 bridgehead atoms. The van der Waals surface area contributed by atoms with Gasteiger partial charge in [0.2, 0.25) is 0 Å². The first kappa shape index (κ1) is 21.8. The number of hydrogen-bond acceptors (Lipinski definition) is 4. The molecule has 0 aliphatic heterocycles. The van der Waals surface area contributed by atoms with Crippen molar-refractivity contribution in [2.75, 3.05) is 20.3 Å². The number of halogens is 2. The molecule has 1 heterocycles. The minimum atomic E-state index is -0.345. The van der Waals surface area contributed by atoms with Crippen LogP contribution in [0.2, 0.25) is 10.0 Å². The van der Waals surface area contributed by atoms with E-state index in [0.29, 0.717) is 33.5 Å². The van der Waals surface area contributed by atoms with Crippen LogP contribution in [0.15, 0.2) is 36.4 Å². The van der Waals surface area contributed by atoms with Gasteiger partial charge in [-0.2, -0.15) is 0 Å². The molecular formula is C21H21Cl2N3O4. The molecule has 0 aliphatic carbocycles. The van der Waals surface area contributed by atoms with Crippen LogP contribution in [0.4, 0.5) is 0 Å². The summed E-state index contributed by atoms with van der Waals surface area (Å²) < 4.78 is 10.8. The summed E-state index contributed by atoms with van der Waals surface area (Å²) in [6, 6.07) is 10.4. The van der Waals surface area contributed by atoms with Crippen LogP contribution in [0.3, 0.4) is 0 Å². The number of carbonyl (C=O) groups excluding carboxylic acids is 2. The van der Waals surface area contributed by atoms with E-state index in [1.54, 1.807) is 36.4 Å². The van der Waals surface area contributed by atoms with Crippen molar-refractivity contribution in [1.29, 1.82) is 0 Å². The van der Waals surface area contributed by atoms with Crippen molar-refractivity contribution in [3.05, 3.63) is 57.7 Å². The Hall–Kier alpha value is -2.90. The van der Waals surface area contributed by atoms with Crippen molar-refractivity contribution in [3.8, 4) is 11.5 Å². The zero-order chi connectivity index (χ0) is 21.7. The van der Waals surface area contributed by atoms with Gasteiger partial charge in [-0.3, -0.25) is 9.59 Å². The van der Waals surface area contributed by atoms with Gasteiger partial charge in [0.1, 0.15) is 5.69 Å². The van der Waals surface area contributed by atoms with E-state index in [-0.39, 0.29) is 30.7 Å². The summed E-state index contributed by atoms with van der Waals surface area (Å²) in [5, 5.41) is 7.02. The van der Waals surface area contributed by atoms with E-state index in [2.05, 4.69) is 15.6 Å². The van der Waals surface area contributed by atoms with Crippen molar-refractivity contribution < 1.29 is 19.1 Å². The fourth-order valence-electron chi connectivity index (χ4n) is 2.89. The quantitative estimate of drug-likeness (QED) is 0.485. The highest BCUT2D eigenvalue weighted by atomic mass is 35.5. The Balaban J connectivity index is 1.67. The van der Waals surface area contributed by atoms with Gasteiger partial charge in [0.25, 0.3) is 11.8 Å². The number of ether oxygens (including phenoxy) is 2. The zero-order valence-electron chi connectivity index (χ0n) is 16.5. The normalized spacial score (nSPS) is 10.7. The van der Waals surface area contributed by atoms with Crippen molar-refractivity contribution >= 4 is 45.9 Å². The second-order valence-electron chi connectivity index (χ2n) is 6.41. The first-order valence-electron chi connectivity index (χ1n) is 9.24. The molecule has 158 valence electrons. The van der Waals surface area contributed by atoms with Crippen LogP contribution in [-0.4, -0.2) is 37.1 Å². The number of methoxy groups -OCH3 is 1. The third-order valence-electron chi connectivity index (χ3n) is 4.34. The van der Waals surface area contributed by atoms with Crippen molar-refractivity contribution in [1.82, 2.24) is 15.6 Å². The van der Waals surface area contributed by atoms with Gasteiger partial charge in [-0.25, -0.2) is 0 Å². The number of H-pyrrole nitrogens is 1. The third kappa shape index (κ3) is 4.98. The summed E-state index contributed by atoms with van der Waals surface area (Å²) in [6.07, 6.45) is 0. The molecule has 0 fully saturated rings. The van der Waals surface area contributed by atoms with E-state index < -0.39 is 0 Å². The van der Waals surface area contributed by atoms with Gasteiger partial charge in [-0.05, 0) is 42.8 Å². The Morgan fingerprint density at radius 2 is 1.87 bits per heavy atom. The number of carbonyl (C=O) groups is 2. The Morgan fingerprint density at radius 3 is 2.60 bits per heavy atom. The largest absolute Gasteiger partial charge is 0.493 e. The molecule has 3 rings (SSSR count). The number of hydrogen-bond donors (Lipinski definition) is 3. The molecule has 1 aromatic heterocycles. The van der Waals surface area contributed by atoms with E-state index in [1.165, 1.54) is 7.11 Å². The highest BCUT2D eigenvalue weighted by Gasteiger charge is 2.17. The molecule has 30 heavy (non-hydrogen) atoms. The molecule has 0 aliphatic rings. The number of likely N-dealkylation sites (N-methyl/N-ethyl adjacent to an activating group) is 1. The van der Waals surface area contributed by atoms with Crippen molar-refractivity contribution in [2.45, 2.75) is 13.5 Å². The first-order chi connectivity index (χ1) is 14.4. The van der Waals surface area contributed by atoms with Gasteiger partial charge in [-0.15, -0.1) is 0 Å². The lowest BCUT2D eigenvalue weighted by atomic mass is 10.2. The lowest BCUT2D eigenvalue weighted by Gasteiger charge is -2.12. The average Bonchev–Trinajstić information content (AvgIpc) is 3.07. The van der Waals surface area contributed by atoms with Gasteiger partial charge in [0.05, 0.1) is 12.1 Å². The maximum Gasteiger partial charge on any atom is 0.269 e. The molecule has 0 radical (unpaired) electrons. The van der Waals surface area contributed by atoms with E-state index >= 15 is 0 Å². The maximum atomic E-state index is 12.6. The topological polar surface area (TPSA) is 92.5 Å². The minimum Gasteiger partial charge on any atom is -0.493 e. The smallest absolute Gasteiger partial charge is 0.269 e. The second kappa shape index (κ2) is 9.73. The number of nitrogens with one attached hydrogen (secondary N) is 3. The van der Waals surface area contributed by atoms with Crippen molar-refractivity contribution in [3.63, 3.8) is 0 Å². The molecule has 2 aromatic carbocycles. The van der Waals surface area contributed by atoms with Crippen LogP contribution in [-0.2, 0) is 11.3 Å².